The molecule has 3 aromatic rings. The number of aromatic nitrogens is 2. The van der Waals surface area contributed by atoms with Gasteiger partial charge in [-0.1, -0.05) is 24.3 Å². The minimum absolute atomic E-state index is 0.0525. The van der Waals surface area contributed by atoms with E-state index in [1.165, 1.54) is 0 Å². The van der Waals surface area contributed by atoms with Crippen molar-refractivity contribution in [3.05, 3.63) is 70.0 Å². The highest BCUT2D eigenvalue weighted by atomic mass is 16.3. The Morgan fingerprint density at radius 2 is 1.96 bits per heavy atom. The second kappa shape index (κ2) is 6.87. The van der Waals surface area contributed by atoms with E-state index in [-0.39, 0.29) is 28.8 Å². The first-order valence-electron chi connectivity index (χ1n) is 9.12. The number of phenols is 1. The zero-order valence-electron chi connectivity index (χ0n) is 15.1. The van der Waals surface area contributed by atoms with E-state index in [9.17, 15) is 14.7 Å². The lowest BCUT2D eigenvalue weighted by atomic mass is 9.94. The topological polar surface area (TPSA) is 75.4 Å². The van der Waals surface area contributed by atoms with Gasteiger partial charge in [-0.15, -0.1) is 0 Å². The summed E-state index contributed by atoms with van der Waals surface area (Å²) in [4.78, 5) is 27.9. The molecular formula is C21H21N3O3. The smallest absolute Gasteiger partial charge is 0.278 e. The summed E-state index contributed by atoms with van der Waals surface area (Å²) in [5.41, 5.74) is 1.18. The van der Waals surface area contributed by atoms with Gasteiger partial charge in [-0.2, -0.15) is 5.10 Å². The number of nitrogens with zero attached hydrogens (tertiary/aromatic N) is 3. The lowest BCUT2D eigenvalue weighted by molar-refractivity contribution is 0.0601. The summed E-state index contributed by atoms with van der Waals surface area (Å²) in [5.74, 6) is -0.181. The third-order valence-electron chi connectivity index (χ3n) is 5.18. The minimum atomic E-state index is -0.352. The molecule has 1 fully saturated rings. The Bertz CT molecular complexity index is 1070. The second-order valence-corrected chi connectivity index (χ2v) is 6.92. The number of carbonyl (C=O) groups is 1. The summed E-state index contributed by atoms with van der Waals surface area (Å²) in [5, 5.41) is 14.6. The molecule has 138 valence electrons. The summed E-state index contributed by atoms with van der Waals surface area (Å²) < 4.78 is 1.58. The summed E-state index contributed by atoms with van der Waals surface area (Å²) in [6.45, 7) is 0.566. The lowest BCUT2D eigenvalue weighted by Crippen LogP contribution is -2.41. The van der Waals surface area contributed by atoms with Crippen LogP contribution in [0.5, 0.6) is 5.75 Å². The summed E-state index contributed by atoms with van der Waals surface area (Å²) >= 11 is 0. The molecule has 0 spiro atoms. The third-order valence-corrected chi connectivity index (χ3v) is 5.18. The molecule has 1 aliphatic heterocycles. The van der Waals surface area contributed by atoms with Crippen LogP contribution in [0.15, 0.2) is 53.3 Å². The first-order valence-corrected chi connectivity index (χ1v) is 9.12. The van der Waals surface area contributed by atoms with Crippen molar-refractivity contribution < 1.29 is 9.90 Å². The molecule has 6 nitrogen and oxygen atoms in total. The van der Waals surface area contributed by atoms with Gasteiger partial charge in [0.1, 0.15) is 5.75 Å². The van der Waals surface area contributed by atoms with Crippen LogP contribution < -0.4 is 5.43 Å². The van der Waals surface area contributed by atoms with E-state index in [0.717, 1.165) is 24.8 Å². The van der Waals surface area contributed by atoms with Crippen molar-refractivity contribution in [1.29, 1.82) is 0 Å². The molecule has 4 rings (SSSR count). The number of rotatable bonds is 2. The van der Waals surface area contributed by atoms with Crippen molar-refractivity contribution in [1.82, 2.24) is 14.7 Å². The molecular weight excluding hydrogens is 342 g/mol. The highest BCUT2D eigenvalue weighted by Gasteiger charge is 2.31. The molecule has 0 saturated carbocycles. The number of fused-ring (bicyclic) bond motifs is 1. The fourth-order valence-corrected chi connectivity index (χ4v) is 3.85. The fraction of sp³-hybridized carbons (Fsp3) is 0.286. The van der Waals surface area contributed by atoms with E-state index in [0.29, 0.717) is 17.4 Å². The predicted molar refractivity (Wildman–Crippen MR) is 103 cm³/mol. The van der Waals surface area contributed by atoms with Gasteiger partial charge in [0.25, 0.3) is 5.91 Å². The largest absolute Gasteiger partial charge is 0.508 e. The predicted octanol–water partition coefficient (Wildman–Crippen LogP) is 3.01. The summed E-state index contributed by atoms with van der Waals surface area (Å²) in [6, 6.07) is 14.0. The van der Waals surface area contributed by atoms with Crippen LogP contribution in [-0.4, -0.2) is 32.2 Å². The van der Waals surface area contributed by atoms with Gasteiger partial charge in [-0.25, -0.2) is 0 Å². The van der Waals surface area contributed by atoms with Crippen molar-refractivity contribution in [3.63, 3.8) is 0 Å². The van der Waals surface area contributed by atoms with Crippen molar-refractivity contribution >= 4 is 16.8 Å². The zero-order chi connectivity index (χ0) is 19.0. The molecule has 1 amide bonds. The first kappa shape index (κ1) is 17.3. The summed E-state index contributed by atoms with van der Waals surface area (Å²) in [6.07, 6.45) is 2.67. The molecule has 0 bridgehead atoms. The Morgan fingerprint density at radius 3 is 2.78 bits per heavy atom. The van der Waals surface area contributed by atoms with Crippen LogP contribution in [0, 0.1) is 0 Å². The summed E-state index contributed by atoms with van der Waals surface area (Å²) in [7, 11) is 1.74. The number of hydrogen-bond donors (Lipinski definition) is 1. The maximum absolute atomic E-state index is 13.3. The van der Waals surface area contributed by atoms with Crippen LogP contribution in [0.3, 0.4) is 0 Å². The molecule has 1 aromatic heterocycles. The van der Waals surface area contributed by atoms with Crippen LogP contribution in [0.2, 0.25) is 0 Å². The average Bonchev–Trinajstić information content (AvgIpc) is 2.70. The van der Waals surface area contributed by atoms with E-state index in [1.54, 1.807) is 47.0 Å². The van der Waals surface area contributed by atoms with Crippen LogP contribution in [-0.2, 0) is 7.05 Å². The number of carbonyl (C=O) groups excluding carboxylic acids is 1. The number of para-hydroxylation sites is 1. The van der Waals surface area contributed by atoms with E-state index in [1.807, 2.05) is 18.2 Å². The highest BCUT2D eigenvalue weighted by molar-refractivity contribution is 5.95. The van der Waals surface area contributed by atoms with Crippen molar-refractivity contribution in [2.45, 2.75) is 25.3 Å². The SMILES string of the molecule is Cn1nc(C(=O)N2CCCCC2c2cccc(O)c2)c(=O)c2ccccc21. The van der Waals surface area contributed by atoms with Crippen molar-refractivity contribution in [3.8, 4) is 5.75 Å². The number of aryl methyl sites for hydroxylation is 1. The normalized spacial score (nSPS) is 17.2. The lowest BCUT2D eigenvalue weighted by Gasteiger charge is -2.35. The maximum atomic E-state index is 13.3. The van der Waals surface area contributed by atoms with Crippen molar-refractivity contribution in [2.24, 2.45) is 7.05 Å². The van der Waals surface area contributed by atoms with Gasteiger partial charge in [0, 0.05) is 19.0 Å². The quantitative estimate of drug-likeness (QED) is 0.759. The van der Waals surface area contributed by atoms with Gasteiger partial charge in [0.2, 0.25) is 5.43 Å². The van der Waals surface area contributed by atoms with Crippen LogP contribution in [0.1, 0.15) is 41.4 Å². The Hall–Kier alpha value is -3.15. The van der Waals surface area contributed by atoms with Gasteiger partial charge in [-0.3, -0.25) is 14.3 Å². The van der Waals surface area contributed by atoms with Crippen LogP contribution >= 0.6 is 0 Å². The number of benzene rings is 2. The molecule has 6 heteroatoms. The average molecular weight is 363 g/mol. The number of aromatic hydroxyl groups is 1. The number of phenolic OH excluding ortho intramolecular Hbond substituents is 1. The van der Waals surface area contributed by atoms with Gasteiger partial charge < -0.3 is 10.0 Å². The molecule has 2 aromatic carbocycles. The molecule has 2 heterocycles. The minimum Gasteiger partial charge on any atom is -0.508 e. The Labute approximate surface area is 156 Å². The van der Waals surface area contributed by atoms with E-state index in [4.69, 9.17) is 0 Å². The second-order valence-electron chi connectivity index (χ2n) is 6.92. The first-order chi connectivity index (χ1) is 13.1. The molecule has 0 aliphatic carbocycles. The molecule has 1 saturated heterocycles. The number of likely N-dealkylation sites (tertiary alicyclic amines) is 1. The van der Waals surface area contributed by atoms with Crippen molar-refractivity contribution in [2.75, 3.05) is 6.54 Å². The highest BCUT2D eigenvalue weighted by Crippen LogP contribution is 2.33. The van der Waals surface area contributed by atoms with Crippen LogP contribution in [0.25, 0.3) is 10.9 Å². The molecule has 1 unspecified atom stereocenters. The van der Waals surface area contributed by atoms with E-state index >= 15 is 0 Å². The number of amides is 1. The third kappa shape index (κ3) is 3.07. The van der Waals surface area contributed by atoms with Gasteiger partial charge in [0.05, 0.1) is 11.6 Å². The maximum Gasteiger partial charge on any atom is 0.278 e. The molecule has 1 aliphatic rings. The monoisotopic (exact) mass is 363 g/mol. The van der Waals surface area contributed by atoms with Gasteiger partial charge in [-0.05, 0) is 49.1 Å². The molecule has 1 atom stereocenters. The van der Waals surface area contributed by atoms with Gasteiger partial charge in [0.15, 0.2) is 5.69 Å². The van der Waals surface area contributed by atoms with Crippen LogP contribution in [0.4, 0.5) is 0 Å². The Kier molecular flexibility index (Phi) is 4.39. The molecule has 0 radical (unpaired) electrons. The van der Waals surface area contributed by atoms with Gasteiger partial charge >= 0.3 is 0 Å². The van der Waals surface area contributed by atoms with E-state index < -0.39 is 0 Å². The zero-order valence-corrected chi connectivity index (χ0v) is 15.1. The van der Waals surface area contributed by atoms with E-state index in [2.05, 4.69) is 5.10 Å². The number of piperidine rings is 1. The number of hydrogen-bond acceptors (Lipinski definition) is 4. The Morgan fingerprint density at radius 1 is 1.15 bits per heavy atom. The Balaban J connectivity index is 1.78. The standard InChI is InChI=1S/C21H21N3O3/c1-23-18-11-3-2-9-16(18)20(26)19(22-23)21(27)24-12-5-4-10-17(24)14-7-6-8-15(25)13-14/h2-3,6-9,11,13,17,25H,4-5,10,12H2,1H3. The molecule has 27 heavy (non-hydrogen) atoms. The molecule has 1 N–H and O–H groups in total. The fourth-order valence-electron chi connectivity index (χ4n) is 3.85.